The molecule has 1 aliphatic heterocycles. The van der Waals surface area contributed by atoms with Crippen molar-refractivity contribution in [3.63, 3.8) is 0 Å². The normalized spacial score (nSPS) is 20.8. The van der Waals surface area contributed by atoms with E-state index in [2.05, 4.69) is 16.1 Å². The Bertz CT molecular complexity index is 477. The van der Waals surface area contributed by atoms with Crippen LogP contribution in [0.1, 0.15) is 47.0 Å². The van der Waals surface area contributed by atoms with Crippen molar-refractivity contribution in [3.8, 4) is 0 Å². The van der Waals surface area contributed by atoms with Crippen molar-refractivity contribution in [2.24, 2.45) is 0 Å². The first-order valence-corrected chi connectivity index (χ1v) is 8.81. The Labute approximate surface area is 121 Å². The second-order valence-corrected chi connectivity index (χ2v) is 7.33. The van der Waals surface area contributed by atoms with E-state index in [1.807, 2.05) is 11.8 Å². The van der Waals surface area contributed by atoms with Gasteiger partial charge in [-0.15, -0.1) is 0 Å². The first-order valence-electron chi connectivity index (χ1n) is 6.70. The number of nitrogens with zero attached hydrogens (tertiary/aromatic N) is 2. The summed E-state index contributed by atoms with van der Waals surface area (Å²) >= 11 is 3.29. The van der Waals surface area contributed by atoms with Gasteiger partial charge < -0.3 is 10.0 Å². The van der Waals surface area contributed by atoms with Crippen LogP contribution < -0.4 is 4.90 Å². The molecule has 0 radical (unpaired) electrons. The molecule has 19 heavy (non-hydrogen) atoms. The third kappa shape index (κ3) is 2.74. The second-order valence-electron chi connectivity index (χ2n) is 5.21. The lowest BCUT2D eigenvalue weighted by atomic mass is 10.1. The van der Waals surface area contributed by atoms with Crippen LogP contribution in [0.2, 0.25) is 0 Å². The lowest BCUT2D eigenvalue weighted by Crippen LogP contribution is -2.34. The molecule has 2 heterocycles. The highest BCUT2D eigenvalue weighted by Gasteiger charge is 2.33. The van der Waals surface area contributed by atoms with Gasteiger partial charge in [0.2, 0.25) is 0 Å². The first-order chi connectivity index (χ1) is 9.19. The zero-order valence-electron chi connectivity index (χ0n) is 11.0. The van der Waals surface area contributed by atoms with Gasteiger partial charge in [-0.3, -0.25) is 0 Å². The summed E-state index contributed by atoms with van der Waals surface area (Å²) in [7, 11) is 0. The summed E-state index contributed by atoms with van der Waals surface area (Å²) in [6, 6.07) is 0. The number of thioether (sulfide) groups is 1. The van der Waals surface area contributed by atoms with Crippen LogP contribution in [0.4, 0.5) is 5.13 Å². The van der Waals surface area contributed by atoms with Crippen molar-refractivity contribution >= 4 is 34.2 Å². The zero-order valence-corrected chi connectivity index (χ0v) is 12.6. The summed E-state index contributed by atoms with van der Waals surface area (Å²) in [6.07, 6.45) is 6.69. The first kappa shape index (κ1) is 13.2. The quantitative estimate of drug-likeness (QED) is 0.926. The molecular weight excluding hydrogens is 280 g/mol. The number of rotatable bonds is 4. The minimum atomic E-state index is -0.815. The predicted octanol–water partition coefficient (Wildman–Crippen LogP) is 3.05. The Balaban J connectivity index is 1.78. The minimum absolute atomic E-state index is 0.403. The molecule has 1 aliphatic carbocycles. The molecule has 1 aromatic heterocycles. The third-order valence-electron chi connectivity index (χ3n) is 3.85. The Kier molecular flexibility index (Phi) is 3.71. The summed E-state index contributed by atoms with van der Waals surface area (Å²) < 4.78 is 0. The van der Waals surface area contributed by atoms with Crippen molar-refractivity contribution < 1.29 is 9.90 Å². The van der Waals surface area contributed by atoms with E-state index in [0.717, 1.165) is 42.0 Å². The lowest BCUT2D eigenvalue weighted by molar-refractivity contribution is 0.0700. The van der Waals surface area contributed by atoms with Gasteiger partial charge in [0.05, 0.1) is 5.69 Å². The molecule has 104 valence electrons. The minimum Gasteiger partial charge on any atom is -0.477 e. The fraction of sp³-hybridized carbons (Fsp3) is 0.692. The summed E-state index contributed by atoms with van der Waals surface area (Å²) in [4.78, 5) is 18.6. The fourth-order valence-corrected chi connectivity index (χ4v) is 4.25. The predicted molar refractivity (Wildman–Crippen MR) is 79.8 cm³/mol. The van der Waals surface area contributed by atoms with Gasteiger partial charge in [-0.05, 0) is 31.9 Å². The van der Waals surface area contributed by atoms with E-state index >= 15 is 0 Å². The number of aromatic nitrogens is 1. The molecule has 1 N–H and O–H groups in total. The van der Waals surface area contributed by atoms with E-state index in [1.165, 1.54) is 24.2 Å². The molecular formula is C13H18N2O2S2. The van der Waals surface area contributed by atoms with E-state index in [4.69, 9.17) is 0 Å². The summed E-state index contributed by atoms with van der Waals surface area (Å²) in [5.74, 6) is -0.413. The highest BCUT2D eigenvalue weighted by molar-refractivity contribution is 7.99. The van der Waals surface area contributed by atoms with E-state index in [-0.39, 0.29) is 0 Å². The highest BCUT2D eigenvalue weighted by Crippen LogP contribution is 2.44. The van der Waals surface area contributed by atoms with Crippen LogP contribution in [0.25, 0.3) is 0 Å². The number of aromatic carboxylic acids is 1. The maximum atomic E-state index is 11.3. The molecule has 0 spiro atoms. The van der Waals surface area contributed by atoms with Crippen LogP contribution in [0, 0.1) is 0 Å². The number of carboxylic acid groups (broad SMARTS) is 1. The van der Waals surface area contributed by atoms with E-state index < -0.39 is 5.97 Å². The largest absolute Gasteiger partial charge is 0.477 e. The molecule has 1 saturated heterocycles. The number of carboxylic acids is 1. The van der Waals surface area contributed by atoms with Gasteiger partial charge in [0.1, 0.15) is 4.88 Å². The average molecular weight is 298 g/mol. The average Bonchev–Trinajstić information content (AvgIpc) is 3.17. The molecule has 0 aromatic carbocycles. The van der Waals surface area contributed by atoms with Crippen LogP contribution in [0.5, 0.6) is 0 Å². The number of hydrogen-bond acceptors (Lipinski definition) is 5. The summed E-state index contributed by atoms with van der Waals surface area (Å²) in [6.45, 7) is 2.00. The number of piperidine rings is 1. The topological polar surface area (TPSA) is 53.4 Å². The highest BCUT2D eigenvalue weighted by atomic mass is 32.2. The van der Waals surface area contributed by atoms with Crippen LogP contribution in [-0.4, -0.2) is 40.7 Å². The van der Waals surface area contributed by atoms with Gasteiger partial charge in [0.15, 0.2) is 5.13 Å². The molecule has 1 saturated carbocycles. The van der Waals surface area contributed by atoms with Gasteiger partial charge in [-0.2, -0.15) is 11.8 Å². The summed E-state index contributed by atoms with van der Waals surface area (Å²) in [5, 5.41) is 10.9. The van der Waals surface area contributed by atoms with Crippen molar-refractivity contribution in [3.05, 3.63) is 10.6 Å². The maximum absolute atomic E-state index is 11.3. The van der Waals surface area contributed by atoms with Gasteiger partial charge in [0, 0.05) is 24.3 Å². The third-order valence-corrected chi connectivity index (χ3v) is 6.10. The molecule has 0 bridgehead atoms. The van der Waals surface area contributed by atoms with Gasteiger partial charge >= 0.3 is 5.97 Å². The second kappa shape index (κ2) is 5.32. The van der Waals surface area contributed by atoms with Crippen LogP contribution in [0.3, 0.4) is 0 Å². The van der Waals surface area contributed by atoms with Crippen LogP contribution in [-0.2, 0) is 0 Å². The SMILES string of the molecule is CSC1CCN(c2nc(C3CC3)c(C(=O)O)s2)CC1. The van der Waals surface area contributed by atoms with E-state index in [0.29, 0.717) is 10.8 Å². The van der Waals surface area contributed by atoms with Crippen molar-refractivity contribution in [2.75, 3.05) is 24.2 Å². The molecule has 0 amide bonds. The molecule has 0 atom stereocenters. The maximum Gasteiger partial charge on any atom is 0.347 e. The summed E-state index contributed by atoms with van der Waals surface area (Å²) in [5.41, 5.74) is 0.833. The smallest absolute Gasteiger partial charge is 0.347 e. The van der Waals surface area contributed by atoms with Crippen molar-refractivity contribution in [1.82, 2.24) is 4.98 Å². The van der Waals surface area contributed by atoms with Gasteiger partial charge in [0.25, 0.3) is 0 Å². The number of anilines is 1. The molecule has 0 unspecified atom stereocenters. The standard InChI is InChI=1S/C13H18N2O2S2/c1-18-9-4-6-15(7-5-9)13-14-10(8-2-3-8)11(19-13)12(16)17/h8-9H,2-7H2,1H3,(H,16,17). The van der Waals surface area contributed by atoms with E-state index in [1.54, 1.807) is 0 Å². The monoisotopic (exact) mass is 298 g/mol. The fourth-order valence-electron chi connectivity index (χ4n) is 2.52. The molecule has 2 aliphatic rings. The zero-order chi connectivity index (χ0) is 13.4. The Hall–Kier alpha value is -0.750. The molecule has 3 rings (SSSR count). The van der Waals surface area contributed by atoms with Crippen molar-refractivity contribution in [2.45, 2.75) is 36.9 Å². The molecule has 6 heteroatoms. The molecule has 2 fully saturated rings. The Morgan fingerprint density at radius 2 is 2.05 bits per heavy atom. The molecule has 4 nitrogen and oxygen atoms in total. The van der Waals surface area contributed by atoms with Crippen LogP contribution in [0.15, 0.2) is 0 Å². The molecule has 1 aromatic rings. The Morgan fingerprint density at radius 3 is 2.58 bits per heavy atom. The number of thiazole rings is 1. The van der Waals surface area contributed by atoms with Gasteiger partial charge in [-0.25, -0.2) is 9.78 Å². The van der Waals surface area contributed by atoms with Gasteiger partial charge in [-0.1, -0.05) is 11.3 Å². The van der Waals surface area contributed by atoms with Crippen molar-refractivity contribution in [1.29, 1.82) is 0 Å². The number of hydrogen-bond donors (Lipinski definition) is 1. The van der Waals surface area contributed by atoms with Crippen LogP contribution >= 0.6 is 23.1 Å². The lowest BCUT2D eigenvalue weighted by Gasteiger charge is -2.30. The Morgan fingerprint density at radius 1 is 1.37 bits per heavy atom. The van der Waals surface area contributed by atoms with E-state index in [9.17, 15) is 9.90 Å². The number of carbonyl (C=O) groups is 1.